The number of aromatic amines is 1. The predicted octanol–water partition coefficient (Wildman–Crippen LogP) is 2.73. The number of phenols is 1. The van der Waals surface area contributed by atoms with E-state index in [2.05, 4.69) is 31.2 Å². The van der Waals surface area contributed by atoms with E-state index in [0.29, 0.717) is 4.47 Å². The van der Waals surface area contributed by atoms with Crippen LogP contribution >= 0.6 is 15.9 Å². The number of aromatic nitrogens is 2. The lowest BCUT2D eigenvalue weighted by atomic mass is 10.2. The van der Waals surface area contributed by atoms with E-state index in [4.69, 9.17) is 0 Å². The zero-order chi connectivity index (χ0) is 12.3. The third kappa shape index (κ3) is 3.08. The molecule has 1 atom stereocenters. The van der Waals surface area contributed by atoms with Crippen LogP contribution in [0.25, 0.3) is 0 Å². The van der Waals surface area contributed by atoms with Gasteiger partial charge in [0.1, 0.15) is 11.6 Å². The molecule has 0 aliphatic rings. The van der Waals surface area contributed by atoms with Gasteiger partial charge < -0.3 is 15.4 Å². The monoisotopic (exact) mass is 295 g/mol. The van der Waals surface area contributed by atoms with Gasteiger partial charge in [-0.3, -0.25) is 0 Å². The standard InChI is InChI=1S/C12H14BrN3O/c1-8(12-14-4-5-15-12)16-7-9-2-3-11(17)10(13)6-9/h2-6,8,16-17H,7H2,1H3,(H,14,15). The van der Waals surface area contributed by atoms with Crippen LogP contribution in [-0.2, 0) is 6.54 Å². The lowest BCUT2D eigenvalue weighted by Gasteiger charge is -2.11. The lowest BCUT2D eigenvalue weighted by Crippen LogP contribution is -2.19. The summed E-state index contributed by atoms with van der Waals surface area (Å²) in [6, 6.07) is 5.63. The molecular formula is C12H14BrN3O. The molecule has 0 amide bonds. The molecule has 0 spiro atoms. The van der Waals surface area contributed by atoms with Gasteiger partial charge in [0.2, 0.25) is 0 Å². The second-order valence-electron chi connectivity index (χ2n) is 3.86. The van der Waals surface area contributed by atoms with Crippen LogP contribution in [0.5, 0.6) is 5.75 Å². The number of imidazole rings is 1. The van der Waals surface area contributed by atoms with E-state index < -0.39 is 0 Å². The molecule has 2 aromatic rings. The first-order chi connectivity index (χ1) is 8.16. The van der Waals surface area contributed by atoms with E-state index in [1.54, 1.807) is 12.3 Å². The molecule has 5 heteroatoms. The predicted molar refractivity (Wildman–Crippen MR) is 69.6 cm³/mol. The number of rotatable bonds is 4. The number of phenolic OH excluding ortho intramolecular Hbond substituents is 1. The quantitative estimate of drug-likeness (QED) is 0.813. The zero-order valence-electron chi connectivity index (χ0n) is 9.44. The van der Waals surface area contributed by atoms with Gasteiger partial charge in [0.25, 0.3) is 0 Å². The van der Waals surface area contributed by atoms with Gasteiger partial charge in [0.05, 0.1) is 10.5 Å². The molecule has 0 saturated heterocycles. The molecule has 1 unspecified atom stereocenters. The van der Waals surface area contributed by atoms with Crippen molar-refractivity contribution in [2.24, 2.45) is 0 Å². The summed E-state index contributed by atoms with van der Waals surface area (Å²) in [5, 5.41) is 12.7. The molecule has 0 aliphatic carbocycles. The first kappa shape index (κ1) is 12.1. The first-order valence-electron chi connectivity index (χ1n) is 5.37. The SMILES string of the molecule is CC(NCc1ccc(O)c(Br)c1)c1ncc[nH]1. The van der Waals surface area contributed by atoms with E-state index in [1.807, 2.05) is 25.3 Å². The number of nitrogens with one attached hydrogen (secondary N) is 2. The maximum Gasteiger partial charge on any atom is 0.129 e. The molecule has 0 bridgehead atoms. The van der Waals surface area contributed by atoms with E-state index in [9.17, 15) is 5.11 Å². The van der Waals surface area contributed by atoms with Crippen LogP contribution < -0.4 is 5.32 Å². The number of hydrogen-bond acceptors (Lipinski definition) is 3. The lowest BCUT2D eigenvalue weighted by molar-refractivity contribution is 0.471. The number of aromatic hydroxyl groups is 1. The summed E-state index contributed by atoms with van der Waals surface area (Å²) in [4.78, 5) is 7.26. The van der Waals surface area contributed by atoms with E-state index in [1.165, 1.54) is 0 Å². The number of H-pyrrole nitrogens is 1. The Labute approximate surface area is 108 Å². The summed E-state index contributed by atoms with van der Waals surface area (Å²) in [7, 11) is 0. The summed E-state index contributed by atoms with van der Waals surface area (Å²) >= 11 is 3.30. The van der Waals surface area contributed by atoms with Crippen molar-refractivity contribution in [3.63, 3.8) is 0 Å². The average molecular weight is 296 g/mol. The molecule has 90 valence electrons. The Balaban J connectivity index is 1.96. The van der Waals surface area contributed by atoms with Gasteiger partial charge in [0.15, 0.2) is 0 Å². The van der Waals surface area contributed by atoms with Crippen molar-refractivity contribution in [3.05, 3.63) is 46.5 Å². The van der Waals surface area contributed by atoms with Crippen molar-refractivity contribution < 1.29 is 5.11 Å². The molecule has 1 aromatic heterocycles. The third-order valence-corrected chi connectivity index (χ3v) is 3.19. The van der Waals surface area contributed by atoms with E-state index in [0.717, 1.165) is 17.9 Å². The molecule has 1 aromatic carbocycles. The zero-order valence-corrected chi connectivity index (χ0v) is 11.0. The van der Waals surface area contributed by atoms with Crippen molar-refractivity contribution in [1.29, 1.82) is 0 Å². The summed E-state index contributed by atoms with van der Waals surface area (Å²) < 4.78 is 0.711. The minimum Gasteiger partial charge on any atom is -0.507 e. The smallest absolute Gasteiger partial charge is 0.129 e. The minimum absolute atomic E-state index is 0.164. The average Bonchev–Trinajstić information content (AvgIpc) is 2.84. The molecule has 3 N–H and O–H groups in total. The van der Waals surface area contributed by atoms with Crippen molar-refractivity contribution in [1.82, 2.24) is 15.3 Å². The van der Waals surface area contributed by atoms with Gasteiger partial charge in [-0.15, -0.1) is 0 Å². The summed E-state index contributed by atoms with van der Waals surface area (Å²) in [5.41, 5.74) is 1.10. The fraction of sp³-hybridized carbons (Fsp3) is 0.250. The number of benzene rings is 1. The second-order valence-corrected chi connectivity index (χ2v) is 4.72. The van der Waals surface area contributed by atoms with E-state index in [-0.39, 0.29) is 11.8 Å². The van der Waals surface area contributed by atoms with Crippen LogP contribution in [0, 0.1) is 0 Å². The van der Waals surface area contributed by atoms with Crippen LogP contribution in [0.3, 0.4) is 0 Å². The molecule has 0 aliphatic heterocycles. The molecule has 17 heavy (non-hydrogen) atoms. The molecule has 0 radical (unpaired) electrons. The Kier molecular flexibility index (Phi) is 3.81. The molecular weight excluding hydrogens is 282 g/mol. The highest BCUT2D eigenvalue weighted by molar-refractivity contribution is 9.10. The summed E-state index contributed by atoms with van der Waals surface area (Å²) in [6.07, 6.45) is 3.55. The van der Waals surface area contributed by atoms with Crippen molar-refractivity contribution >= 4 is 15.9 Å². The van der Waals surface area contributed by atoms with Crippen LogP contribution in [0.4, 0.5) is 0 Å². The van der Waals surface area contributed by atoms with Crippen molar-refractivity contribution in [2.45, 2.75) is 19.5 Å². The largest absolute Gasteiger partial charge is 0.507 e. The van der Waals surface area contributed by atoms with Crippen molar-refractivity contribution in [3.8, 4) is 5.75 Å². The van der Waals surface area contributed by atoms with Crippen molar-refractivity contribution in [2.75, 3.05) is 0 Å². The maximum atomic E-state index is 9.39. The van der Waals surface area contributed by atoms with E-state index >= 15 is 0 Å². The molecule has 0 fully saturated rings. The summed E-state index contributed by atoms with van der Waals surface area (Å²) in [5.74, 6) is 1.18. The van der Waals surface area contributed by atoms with Crippen LogP contribution in [0.1, 0.15) is 24.4 Å². The highest BCUT2D eigenvalue weighted by Crippen LogP contribution is 2.24. The highest BCUT2D eigenvalue weighted by Gasteiger charge is 2.07. The minimum atomic E-state index is 0.164. The highest BCUT2D eigenvalue weighted by atomic mass is 79.9. The Bertz CT molecular complexity index is 485. The molecule has 0 saturated carbocycles. The number of halogens is 1. The summed E-state index contributed by atoms with van der Waals surface area (Å²) in [6.45, 7) is 2.77. The Morgan fingerprint density at radius 3 is 3.00 bits per heavy atom. The van der Waals surface area contributed by atoms with Crippen LogP contribution in [0.15, 0.2) is 35.1 Å². The molecule has 1 heterocycles. The van der Waals surface area contributed by atoms with Gasteiger partial charge in [-0.2, -0.15) is 0 Å². The van der Waals surface area contributed by atoms with Crippen LogP contribution in [0.2, 0.25) is 0 Å². The second kappa shape index (κ2) is 5.33. The maximum absolute atomic E-state index is 9.39. The Morgan fingerprint density at radius 1 is 1.53 bits per heavy atom. The third-order valence-electron chi connectivity index (χ3n) is 2.55. The number of hydrogen-bond donors (Lipinski definition) is 3. The Morgan fingerprint density at radius 2 is 2.35 bits per heavy atom. The van der Waals surface area contributed by atoms with Crippen LogP contribution in [-0.4, -0.2) is 15.1 Å². The topological polar surface area (TPSA) is 60.9 Å². The van der Waals surface area contributed by atoms with Gasteiger partial charge in [-0.05, 0) is 40.5 Å². The fourth-order valence-corrected chi connectivity index (χ4v) is 1.97. The normalized spacial score (nSPS) is 12.6. The molecule has 4 nitrogen and oxygen atoms in total. The van der Waals surface area contributed by atoms with Gasteiger partial charge >= 0.3 is 0 Å². The van der Waals surface area contributed by atoms with Gasteiger partial charge in [-0.25, -0.2) is 4.98 Å². The van der Waals surface area contributed by atoms with Gasteiger partial charge in [-0.1, -0.05) is 6.07 Å². The number of nitrogens with zero attached hydrogens (tertiary/aromatic N) is 1. The fourth-order valence-electron chi connectivity index (χ4n) is 1.54. The first-order valence-corrected chi connectivity index (χ1v) is 6.16. The Hall–Kier alpha value is -1.33. The molecule has 2 rings (SSSR count). The van der Waals surface area contributed by atoms with Gasteiger partial charge in [0, 0.05) is 18.9 Å².